The van der Waals surface area contributed by atoms with Crippen LogP contribution >= 0.6 is 0 Å². The third kappa shape index (κ3) is 4.79. The standard InChI is InChI=1S/C25H27N3O3/c1-19-22-16-21(31-17-20-8-4-2-5-9-20)11-12-23(22)28(14-7-3-6-10-24(29)30)25(19)27-15-13-26-18-27/h2,4-5,8-9,11-13,15-16,18H,3,6-7,10,14,17H2,1H3,(H,29,30). The SMILES string of the molecule is Cc1c(-n2ccnc2)n(CCCCCC(=O)O)c2ccc(OCc3ccccc3)cc12. The summed E-state index contributed by atoms with van der Waals surface area (Å²) >= 11 is 0. The molecule has 0 fully saturated rings. The number of imidazole rings is 1. The van der Waals surface area contributed by atoms with Crippen LogP contribution in [0.1, 0.15) is 36.8 Å². The highest BCUT2D eigenvalue weighted by Crippen LogP contribution is 2.32. The molecule has 160 valence electrons. The van der Waals surface area contributed by atoms with E-state index in [4.69, 9.17) is 9.84 Å². The van der Waals surface area contributed by atoms with E-state index in [1.54, 1.807) is 6.20 Å². The van der Waals surface area contributed by atoms with Gasteiger partial charge in [-0.15, -0.1) is 0 Å². The number of fused-ring (bicyclic) bond motifs is 1. The number of carboxylic acid groups (broad SMARTS) is 1. The number of carbonyl (C=O) groups is 1. The number of aliphatic carboxylic acids is 1. The Balaban J connectivity index is 1.60. The maximum absolute atomic E-state index is 10.8. The molecule has 2 aromatic heterocycles. The van der Waals surface area contributed by atoms with Gasteiger partial charge >= 0.3 is 5.97 Å². The molecule has 0 spiro atoms. The number of aryl methyl sites for hydroxylation is 2. The first-order chi connectivity index (χ1) is 15.1. The van der Waals surface area contributed by atoms with Crippen molar-refractivity contribution in [3.8, 4) is 11.6 Å². The number of carboxylic acids is 1. The number of benzene rings is 2. The van der Waals surface area contributed by atoms with Crippen LogP contribution in [0.4, 0.5) is 0 Å². The summed E-state index contributed by atoms with van der Waals surface area (Å²) in [5, 5.41) is 10.0. The topological polar surface area (TPSA) is 69.3 Å². The highest BCUT2D eigenvalue weighted by molar-refractivity contribution is 5.88. The molecule has 1 N–H and O–H groups in total. The van der Waals surface area contributed by atoms with Crippen LogP contribution in [0.5, 0.6) is 5.75 Å². The quantitative estimate of drug-likeness (QED) is 0.353. The third-order valence-corrected chi connectivity index (χ3v) is 5.52. The largest absolute Gasteiger partial charge is 0.489 e. The van der Waals surface area contributed by atoms with E-state index in [0.717, 1.165) is 47.4 Å². The molecule has 0 aliphatic rings. The third-order valence-electron chi connectivity index (χ3n) is 5.52. The summed E-state index contributed by atoms with van der Waals surface area (Å²) in [6.45, 7) is 3.48. The van der Waals surface area contributed by atoms with Crippen molar-refractivity contribution in [1.29, 1.82) is 0 Å². The minimum absolute atomic E-state index is 0.224. The number of hydrogen-bond acceptors (Lipinski definition) is 3. The molecule has 0 saturated heterocycles. The van der Waals surface area contributed by atoms with Crippen LogP contribution in [-0.2, 0) is 17.9 Å². The van der Waals surface area contributed by atoms with E-state index in [2.05, 4.69) is 40.7 Å². The number of nitrogens with zero attached hydrogens (tertiary/aromatic N) is 3. The molecule has 0 bridgehead atoms. The first-order valence-electron chi connectivity index (χ1n) is 10.6. The van der Waals surface area contributed by atoms with E-state index in [-0.39, 0.29) is 6.42 Å². The lowest BCUT2D eigenvalue weighted by molar-refractivity contribution is -0.137. The second-order valence-electron chi connectivity index (χ2n) is 7.73. The van der Waals surface area contributed by atoms with E-state index < -0.39 is 5.97 Å². The molecule has 6 nitrogen and oxygen atoms in total. The van der Waals surface area contributed by atoms with Crippen LogP contribution in [0.25, 0.3) is 16.7 Å². The first-order valence-corrected chi connectivity index (χ1v) is 10.6. The Morgan fingerprint density at radius 3 is 2.68 bits per heavy atom. The highest BCUT2D eigenvalue weighted by atomic mass is 16.5. The smallest absolute Gasteiger partial charge is 0.303 e. The van der Waals surface area contributed by atoms with Gasteiger partial charge in [-0.25, -0.2) is 4.98 Å². The molecule has 31 heavy (non-hydrogen) atoms. The number of ether oxygens (including phenoxy) is 1. The first kappa shape index (κ1) is 20.7. The molecule has 0 radical (unpaired) electrons. The Kier molecular flexibility index (Phi) is 6.36. The van der Waals surface area contributed by atoms with E-state index in [1.807, 2.05) is 41.4 Å². The summed E-state index contributed by atoms with van der Waals surface area (Å²) in [4.78, 5) is 15.0. The molecule has 4 rings (SSSR count). The molecule has 6 heteroatoms. The van der Waals surface area contributed by atoms with E-state index in [9.17, 15) is 4.79 Å². The molecule has 0 unspecified atom stereocenters. The normalized spacial score (nSPS) is 11.1. The molecule has 0 atom stereocenters. The lowest BCUT2D eigenvalue weighted by Crippen LogP contribution is -2.06. The van der Waals surface area contributed by atoms with Gasteiger partial charge in [-0.2, -0.15) is 0 Å². The summed E-state index contributed by atoms with van der Waals surface area (Å²) in [5.74, 6) is 1.20. The van der Waals surface area contributed by atoms with Gasteiger partial charge in [0.05, 0.1) is 5.52 Å². The van der Waals surface area contributed by atoms with Gasteiger partial charge in [0.25, 0.3) is 0 Å². The fraction of sp³-hybridized carbons (Fsp3) is 0.280. The molecule has 0 saturated carbocycles. The van der Waals surface area contributed by atoms with Crippen molar-refractivity contribution in [2.24, 2.45) is 0 Å². The van der Waals surface area contributed by atoms with Gasteiger partial charge in [0.15, 0.2) is 0 Å². The molecule has 0 aliphatic heterocycles. The number of aromatic nitrogens is 3. The molecule has 4 aromatic rings. The average Bonchev–Trinajstić information content (AvgIpc) is 3.39. The van der Waals surface area contributed by atoms with Crippen LogP contribution in [0.3, 0.4) is 0 Å². The predicted molar refractivity (Wildman–Crippen MR) is 121 cm³/mol. The zero-order valence-corrected chi connectivity index (χ0v) is 17.7. The zero-order chi connectivity index (χ0) is 21.6. The lowest BCUT2D eigenvalue weighted by atomic mass is 10.1. The van der Waals surface area contributed by atoms with E-state index in [1.165, 1.54) is 5.56 Å². The van der Waals surface area contributed by atoms with Gasteiger partial charge < -0.3 is 14.4 Å². The second kappa shape index (κ2) is 9.51. The number of hydrogen-bond donors (Lipinski definition) is 1. The van der Waals surface area contributed by atoms with E-state index in [0.29, 0.717) is 13.0 Å². The van der Waals surface area contributed by atoms with Gasteiger partial charge in [0.2, 0.25) is 0 Å². The fourth-order valence-electron chi connectivity index (χ4n) is 3.99. The summed E-state index contributed by atoms with van der Waals surface area (Å²) in [7, 11) is 0. The number of rotatable bonds is 10. The summed E-state index contributed by atoms with van der Waals surface area (Å²) in [5.41, 5.74) is 3.45. The minimum atomic E-state index is -0.732. The van der Waals surface area contributed by atoms with Crippen LogP contribution in [0.15, 0.2) is 67.3 Å². The van der Waals surface area contributed by atoms with Crippen LogP contribution in [0, 0.1) is 6.92 Å². The van der Waals surface area contributed by atoms with Gasteiger partial charge in [0, 0.05) is 30.7 Å². The second-order valence-corrected chi connectivity index (χ2v) is 7.73. The minimum Gasteiger partial charge on any atom is -0.489 e. The van der Waals surface area contributed by atoms with Gasteiger partial charge in [0.1, 0.15) is 24.5 Å². The van der Waals surface area contributed by atoms with Crippen LogP contribution in [0.2, 0.25) is 0 Å². The summed E-state index contributed by atoms with van der Waals surface area (Å²) in [6, 6.07) is 16.4. The number of unbranched alkanes of at least 4 members (excludes halogenated alkanes) is 2. The Labute approximate surface area is 181 Å². The maximum Gasteiger partial charge on any atom is 0.303 e. The van der Waals surface area contributed by atoms with Crippen molar-refractivity contribution in [3.63, 3.8) is 0 Å². The van der Waals surface area contributed by atoms with Crippen molar-refractivity contribution in [3.05, 3.63) is 78.4 Å². The maximum atomic E-state index is 10.8. The van der Waals surface area contributed by atoms with Crippen LogP contribution in [-0.4, -0.2) is 25.2 Å². The van der Waals surface area contributed by atoms with Crippen molar-refractivity contribution in [2.45, 2.75) is 45.8 Å². The highest BCUT2D eigenvalue weighted by Gasteiger charge is 2.16. The monoisotopic (exact) mass is 417 g/mol. The van der Waals surface area contributed by atoms with Crippen molar-refractivity contribution in [1.82, 2.24) is 14.1 Å². The van der Waals surface area contributed by atoms with Crippen molar-refractivity contribution in [2.75, 3.05) is 0 Å². The van der Waals surface area contributed by atoms with Crippen molar-refractivity contribution >= 4 is 16.9 Å². The molecule has 0 amide bonds. The predicted octanol–water partition coefficient (Wildman–Crippen LogP) is 5.36. The summed E-state index contributed by atoms with van der Waals surface area (Å²) < 4.78 is 10.4. The average molecular weight is 418 g/mol. The summed E-state index contributed by atoms with van der Waals surface area (Å²) in [6.07, 6.45) is 8.27. The Hall–Kier alpha value is -3.54. The molecular formula is C25H27N3O3. The van der Waals surface area contributed by atoms with Gasteiger partial charge in [-0.1, -0.05) is 36.8 Å². The van der Waals surface area contributed by atoms with Gasteiger partial charge in [-0.05, 0) is 49.1 Å². The fourth-order valence-corrected chi connectivity index (χ4v) is 3.99. The molecule has 2 heterocycles. The van der Waals surface area contributed by atoms with Crippen molar-refractivity contribution < 1.29 is 14.6 Å². The Bertz CT molecular complexity index is 1150. The lowest BCUT2D eigenvalue weighted by Gasteiger charge is -2.12. The zero-order valence-electron chi connectivity index (χ0n) is 17.7. The van der Waals surface area contributed by atoms with E-state index >= 15 is 0 Å². The molecule has 0 aliphatic carbocycles. The molecule has 2 aromatic carbocycles. The van der Waals surface area contributed by atoms with Crippen LogP contribution < -0.4 is 4.74 Å². The molecular weight excluding hydrogens is 390 g/mol. The van der Waals surface area contributed by atoms with Gasteiger partial charge in [-0.3, -0.25) is 9.36 Å². The Morgan fingerprint density at radius 1 is 1.10 bits per heavy atom. The Morgan fingerprint density at radius 2 is 1.94 bits per heavy atom.